The average Bonchev–Trinajstić information content (AvgIpc) is 2.18. The second kappa shape index (κ2) is 2.45. The summed E-state index contributed by atoms with van der Waals surface area (Å²) in [4.78, 5) is 11.3. The van der Waals surface area contributed by atoms with Crippen LogP contribution in [0.4, 0.5) is 0 Å². The van der Waals surface area contributed by atoms with Crippen LogP contribution in [0.15, 0.2) is 43.0 Å². The summed E-state index contributed by atoms with van der Waals surface area (Å²) in [6.45, 7) is 3.46. The van der Waals surface area contributed by atoms with Gasteiger partial charge in [-0.05, 0) is 22.9 Å². The van der Waals surface area contributed by atoms with Gasteiger partial charge in [0.2, 0.25) is 0 Å². The normalized spacial score (nSPS) is 10.3. The number of carbonyl (C=O) groups excluding carboxylic acids is 1. The highest BCUT2D eigenvalue weighted by atomic mass is 16.1. The zero-order valence-corrected chi connectivity index (χ0v) is 6.58. The maximum Gasteiger partial charge on any atom is 0.185 e. The van der Waals surface area contributed by atoms with Crippen LogP contribution < -0.4 is 0 Å². The Bertz CT molecular complexity index is 408. The van der Waals surface area contributed by atoms with Gasteiger partial charge < -0.3 is 0 Å². The molecule has 0 radical (unpaired) electrons. The molecule has 0 N–H and O–H groups in total. The number of allylic oxidation sites excluding steroid dienone is 1. The number of carbonyl (C=O) groups is 1. The quantitative estimate of drug-likeness (QED) is 0.482. The van der Waals surface area contributed by atoms with Crippen LogP contribution in [0.3, 0.4) is 0 Å². The Morgan fingerprint density at radius 1 is 1.25 bits per heavy atom. The van der Waals surface area contributed by atoms with Gasteiger partial charge in [-0.15, -0.1) is 0 Å². The van der Waals surface area contributed by atoms with Gasteiger partial charge in [0.25, 0.3) is 0 Å². The lowest BCUT2D eigenvalue weighted by atomic mass is 10.0. The first-order chi connectivity index (χ1) is 5.81. The topological polar surface area (TPSA) is 17.1 Å². The number of rotatable bonds is 2. The molecule has 3 aromatic carbocycles. The molecule has 0 aliphatic rings. The van der Waals surface area contributed by atoms with E-state index >= 15 is 0 Å². The lowest BCUT2D eigenvalue weighted by molar-refractivity contribution is 0.104. The Morgan fingerprint density at radius 2 is 1.92 bits per heavy atom. The summed E-state index contributed by atoms with van der Waals surface area (Å²) >= 11 is 0. The number of benzene rings is 3. The van der Waals surface area contributed by atoms with E-state index in [0.717, 1.165) is 16.3 Å². The second-order valence-corrected chi connectivity index (χ2v) is 2.75. The predicted octanol–water partition coefficient (Wildman–Crippen LogP) is 2.65. The van der Waals surface area contributed by atoms with Crippen molar-refractivity contribution in [3.05, 3.63) is 48.6 Å². The number of hydrogen-bond acceptors (Lipinski definition) is 1. The van der Waals surface area contributed by atoms with E-state index in [-0.39, 0.29) is 5.78 Å². The standard InChI is InChI=1S/C11H8O/c1-2-11(12)10-7-8-3-5-9(10)6-4-8/h2-7H,1H2. The van der Waals surface area contributed by atoms with Crippen LogP contribution in [0, 0.1) is 0 Å². The molecule has 0 saturated carbocycles. The second-order valence-electron chi connectivity index (χ2n) is 2.75. The zero-order valence-electron chi connectivity index (χ0n) is 6.58. The van der Waals surface area contributed by atoms with Crippen molar-refractivity contribution < 1.29 is 4.79 Å². The van der Waals surface area contributed by atoms with E-state index in [1.807, 2.05) is 30.3 Å². The molecule has 1 nitrogen and oxygen atoms in total. The van der Waals surface area contributed by atoms with E-state index in [1.165, 1.54) is 6.08 Å². The monoisotopic (exact) mass is 156 g/mol. The summed E-state index contributed by atoms with van der Waals surface area (Å²) in [5, 5.41) is 2.06. The molecule has 3 rings (SSSR count). The first-order valence-corrected chi connectivity index (χ1v) is 3.80. The summed E-state index contributed by atoms with van der Waals surface area (Å²) in [5.41, 5.74) is 0.755. The van der Waals surface area contributed by atoms with E-state index in [0.29, 0.717) is 0 Å². The molecule has 0 heterocycles. The molecule has 0 saturated heterocycles. The Labute approximate surface area is 70.7 Å². The van der Waals surface area contributed by atoms with E-state index in [2.05, 4.69) is 6.58 Å². The van der Waals surface area contributed by atoms with Crippen LogP contribution in [0.1, 0.15) is 10.4 Å². The van der Waals surface area contributed by atoms with Crippen LogP contribution in [-0.2, 0) is 0 Å². The van der Waals surface area contributed by atoms with Crippen LogP contribution in [0.25, 0.3) is 10.8 Å². The molecule has 12 heavy (non-hydrogen) atoms. The Kier molecular flexibility index (Phi) is 1.44. The first kappa shape index (κ1) is 7.04. The van der Waals surface area contributed by atoms with Crippen LogP contribution in [0.5, 0.6) is 0 Å². The summed E-state index contributed by atoms with van der Waals surface area (Å²) in [5.74, 6) is -0.00352. The van der Waals surface area contributed by atoms with E-state index < -0.39 is 0 Å². The van der Waals surface area contributed by atoms with Gasteiger partial charge in [-0.3, -0.25) is 4.79 Å². The Balaban J connectivity index is 2.68. The summed E-state index contributed by atoms with van der Waals surface area (Å²) in [6.07, 6.45) is 1.35. The van der Waals surface area contributed by atoms with Gasteiger partial charge in [0, 0.05) is 5.56 Å². The van der Waals surface area contributed by atoms with Crippen molar-refractivity contribution in [3.8, 4) is 0 Å². The van der Waals surface area contributed by atoms with Crippen molar-refractivity contribution in [2.24, 2.45) is 0 Å². The highest BCUT2D eigenvalue weighted by Gasteiger charge is 2.05. The lowest BCUT2D eigenvalue weighted by Gasteiger charge is -2.03. The smallest absolute Gasteiger partial charge is 0.185 e. The molecule has 0 unspecified atom stereocenters. The fourth-order valence-corrected chi connectivity index (χ4v) is 1.33. The van der Waals surface area contributed by atoms with Crippen molar-refractivity contribution in [1.29, 1.82) is 0 Å². The SMILES string of the molecule is C=CC(=O)c1cc2ccc1cc2. The summed E-state index contributed by atoms with van der Waals surface area (Å²) in [6, 6.07) is 9.78. The maximum absolute atomic E-state index is 11.3. The van der Waals surface area contributed by atoms with Crippen molar-refractivity contribution in [3.63, 3.8) is 0 Å². The highest BCUT2D eigenvalue weighted by Crippen LogP contribution is 2.18. The molecular weight excluding hydrogens is 148 g/mol. The van der Waals surface area contributed by atoms with Crippen molar-refractivity contribution >= 4 is 16.6 Å². The molecule has 0 aliphatic heterocycles. The highest BCUT2D eigenvalue weighted by molar-refractivity contribution is 6.11. The maximum atomic E-state index is 11.3. The minimum absolute atomic E-state index is 0.00352. The largest absolute Gasteiger partial charge is 0.289 e. The van der Waals surface area contributed by atoms with Crippen LogP contribution >= 0.6 is 0 Å². The Morgan fingerprint density at radius 3 is 2.33 bits per heavy atom. The molecule has 1 heteroatoms. The van der Waals surface area contributed by atoms with Gasteiger partial charge in [0.1, 0.15) is 0 Å². The molecule has 0 spiro atoms. The van der Waals surface area contributed by atoms with Gasteiger partial charge >= 0.3 is 0 Å². The van der Waals surface area contributed by atoms with E-state index in [1.54, 1.807) is 0 Å². The van der Waals surface area contributed by atoms with Crippen molar-refractivity contribution in [1.82, 2.24) is 0 Å². The average molecular weight is 156 g/mol. The van der Waals surface area contributed by atoms with Crippen LogP contribution in [0.2, 0.25) is 0 Å². The predicted molar refractivity (Wildman–Crippen MR) is 49.7 cm³/mol. The minimum Gasteiger partial charge on any atom is -0.289 e. The van der Waals surface area contributed by atoms with E-state index in [4.69, 9.17) is 0 Å². The lowest BCUT2D eigenvalue weighted by Crippen LogP contribution is -1.95. The summed E-state index contributed by atoms with van der Waals surface area (Å²) in [7, 11) is 0. The van der Waals surface area contributed by atoms with Gasteiger partial charge in [-0.25, -0.2) is 0 Å². The van der Waals surface area contributed by atoms with Gasteiger partial charge in [-0.1, -0.05) is 30.8 Å². The third-order valence-corrected chi connectivity index (χ3v) is 1.98. The third-order valence-electron chi connectivity index (χ3n) is 1.98. The van der Waals surface area contributed by atoms with E-state index in [9.17, 15) is 4.79 Å². The molecule has 0 atom stereocenters. The number of hydrogen-bond donors (Lipinski definition) is 0. The Hall–Kier alpha value is -1.63. The molecule has 2 bridgehead atoms. The fraction of sp³-hybridized carbons (Fsp3) is 0. The molecule has 58 valence electrons. The first-order valence-electron chi connectivity index (χ1n) is 3.80. The molecule has 0 aliphatic carbocycles. The molecule has 0 fully saturated rings. The van der Waals surface area contributed by atoms with Crippen molar-refractivity contribution in [2.75, 3.05) is 0 Å². The molecule has 0 amide bonds. The van der Waals surface area contributed by atoms with Gasteiger partial charge in [0.05, 0.1) is 0 Å². The van der Waals surface area contributed by atoms with Crippen molar-refractivity contribution in [2.45, 2.75) is 0 Å². The molecular formula is C11H8O. The molecule has 3 aromatic rings. The van der Waals surface area contributed by atoms with Gasteiger partial charge in [-0.2, -0.15) is 0 Å². The van der Waals surface area contributed by atoms with Gasteiger partial charge in [0.15, 0.2) is 5.78 Å². The molecule has 0 aromatic heterocycles. The number of ketones is 1. The summed E-state index contributed by atoms with van der Waals surface area (Å²) < 4.78 is 0. The zero-order chi connectivity index (χ0) is 8.55. The fourth-order valence-electron chi connectivity index (χ4n) is 1.33. The van der Waals surface area contributed by atoms with Crippen LogP contribution in [-0.4, -0.2) is 5.78 Å². The number of fused-ring (bicyclic) bond motifs is 3. The minimum atomic E-state index is -0.00352. The third kappa shape index (κ3) is 0.909.